The van der Waals surface area contributed by atoms with E-state index in [2.05, 4.69) is 95.9 Å². The molecule has 2 nitrogen and oxygen atoms in total. The average molecular weight is 372 g/mol. The van der Waals surface area contributed by atoms with Crippen LogP contribution in [0.4, 0.5) is 0 Å². The fourth-order valence-electron chi connectivity index (χ4n) is 4.00. The molecule has 0 bridgehead atoms. The zero-order valence-electron chi connectivity index (χ0n) is 16.4. The lowest BCUT2D eigenvalue weighted by Crippen LogP contribution is -2.38. The summed E-state index contributed by atoms with van der Waals surface area (Å²) in [5.41, 5.74) is 3.90. The smallest absolute Gasteiger partial charge is 0.108 e. The Bertz CT molecular complexity index is 771. The van der Waals surface area contributed by atoms with E-state index < -0.39 is 0 Å². The molecule has 144 valence electrons. The van der Waals surface area contributed by atoms with Crippen molar-refractivity contribution < 1.29 is 4.74 Å². The van der Waals surface area contributed by atoms with Crippen molar-refractivity contribution in [3.8, 4) is 0 Å². The van der Waals surface area contributed by atoms with Crippen LogP contribution in [0.2, 0.25) is 0 Å². The van der Waals surface area contributed by atoms with Crippen LogP contribution >= 0.6 is 0 Å². The Kier molecular flexibility index (Phi) is 6.54. The molecule has 0 saturated carbocycles. The third-order valence-electron chi connectivity index (χ3n) is 5.63. The van der Waals surface area contributed by atoms with Gasteiger partial charge in [0.15, 0.2) is 0 Å². The molecule has 3 aromatic rings. The highest BCUT2D eigenvalue weighted by Gasteiger charge is 2.24. The molecule has 1 aliphatic rings. The average Bonchev–Trinajstić information content (AvgIpc) is 2.79. The van der Waals surface area contributed by atoms with Gasteiger partial charge in [-0.3, -0.25) is 0 Å². The van der Waals surface area contributed by atoms with Gasteiger partial charge in [-0.25, -0.2) is 0 Å². The predicted octanol–water partition coefficient (Wildman–Crippen LogP) is 5.50. The maximum Gasteiger partial charge on any atom is 0.108 e. The number of hydrogen-bond acceptors (Lipinski definition) is 2. The summed E-state index contributed by atoms with van der Waals surface area (Å²) in [6.07, 6.45) is 3.67. The Hall–Kier alpha value is -2.42. The summed E-state index contributed by atoms with van der Waals surface area (Å²) in [5.74, 6) is 0. The van der Waals surface area contributed by atoms with E-state index in [0.29, 0.717) is 6.10 Å². The quantitative estimate of drug-likeness (QED) is 0.544. The molecule has 2 heteroatoms. The Labute approximate surface area is 168 Å². The number of ether oxygens (including phenoxy) is 1. The van der Waals surface area contributed by atoms with E-state index in [1.807, 2.05) is 0 Å². The van der Waals surface area contributed by atoms with Gasteiger partial charge in [0.2, 0.25) is 0 Å². The Morgan fingerprint density at radius 3 is 1.75 bits per heavy atom. The Balaban J connectivity index is 1.34. The lowest BCUT2D eigenvalue weighted by atomic mass is 10.00. The third kappa shape index (κ3) is 5.09. The molecular formula is C26H29NO. The molecule has 0 spiro atoms. The number of benzene rings is 3. The van der Waals surface area contributed by atoms with Crippen LogP contribution in [0.15, 0.2) is 91.0 Å². The molecule has 1 saturated heterocycles. The standard InChI is InChI=1S/C26H29NO/c1-4-10-22(11-5-1)16-19-27-20-17-25(18-21-27)28-26(23-12-6-2-7-13-23)24-14-8-3-9-15-24/h1-15,25-26H,16-21H2. The molecule has 0 unspecified atom stereocenters. The first-order valence-corrected chi connectivity index (χ1v) is 10.4. The van der Waals surface area contributed by atoms with Gasteiger partial charge in [0.05, 0.1) is 6.10 Å². The number of hydrogen-bond donors (Lipinski definition) is 0. The van der Waals surface area contributed by atoms with Crippen LogP contribution in [0.1, 0.15) is 35.6 Å². The highest BCUT2D eigenvalue weighted by Crippen LogP contribution is 2.30. The van der Waals surface area contributed by atoms with Gasteiger partial charge < -0.3 is 9.64 Å². The van der Waals surface area contributed by atoms with E-state index in [4.69, 9.17) is 4.74 Å². The monoisotopic (exact) mass is 371 g/mol. The molecule has 28 heavy (non-hydrogen) atoms. The second kappa shape index (κ2) is 9.68. The van der Waals surface area contributed by atoms with Gasteiger partial charge in [0.25, 0.3) is 0 Å². The molecule has 0 N–H and O–H groups in total. The van der Waals surface area contributed by atoms with Crippen molar-refractivity contribution in [1.82, 2.24) is 4.90 Å². The lowest BCUT2D eigenvalue weighted by molar-refractivity contribution is -0.0267. The van der Waals surface area contributed by atoms with Crippen molar-refractivity contribution in [2.75, 3.05) is 19.6 Å². The van der Waals surface area contributed by atoms with Crippen LogP contribution in [0.3, 0.4) is 0 Å². The Morgan fingerprint density at radius 1 is 0.714 bits per heavy atom. The summed E-state index contributed by atoms with van der Waals surface area (Å²) in [7, 11) is 0. The molecule has 0 aliphatic carbocycles. The number of piperidine rings is 1. The minimum absolute atomic E-state index is 0.0169. The summed E-state index contributed by atoms with van der Waals surface area (Å²) >= 11 is 0. The summed E-state index contributed by atoms with van der Waals surface area (Å²) < 4.78 is 6.65. The molecule has 3 aromatic carbocycles. The van der Waals surface area contributed by atoms with Gasteiger partial charge in [0, 0.05) is 19.6 Å². The molecule has 0 radical (unpaired) electrons. The first kappa shape index (κ1) is 18.9. The first-order valence-electron chi connectivity index (χ1n) is 10.4. The predicted molar refractivity (Wildman–Crippen MR) is 115 cm³/mol. The SMILES string of the molecule is c1ccc(CCN2CCC(OC(c3ccccc3)c3ccccc3)CC2)cc1. The van der Waals surface area contributed by atoms with Crippen LogP contribution in [-0.2, 0) is 11.2 Å². The lowest BCUT2D eigenvalue weighted by Gasteiger charge is -2.34. The summed E-state index contributed by atoms with van der Waals surface area (Å²) in [6.45, 7) is 3.37. The highest BCUT2D eigenvalue weighted by molar-refractivity contribution is 5.30. The summed E-state index contributed by atoms with van der Waals surface area (Å²) in [4.78, 5) is 2.58. The van der Waals surface area contributed by atoms with Crippen LogP contribution in [-0.4, -0.2) is 30.6 Å². The second-order valence-electron chi connectivity index (χ2n) is 7.61. The second-order valence-corrected chi connectivity index (χ2v) is 7.61. The normalized spacial score (nSPS) is 15.8. The van der Waals surface area contributed by atoms with Crippen molar-refractivity contribution in [3.05, 3.63) is 108 Å². The molecular weight excluding hydrogens is 342 g/mol. The molecule has 4 rings (SSSR count). The molecule has 0 atom stereocenters. The fourth-order valence-corrected chi connectivity index (χ4v) is 4.00. The van der Waals surface area contributed by atoms with Gasteiger partial charge in [-0.1, -0.05) is 91.0 Å². The first-order chi connectivity index (χ1) is 13.9. The van der Waals surface area contributed by atoms with Gasteiger partial charge in [-0.15, -0.1) is 0 Å². The van der Waals surface area contributed by atoms with E-state index >= 15 is 0 Å². The minimum Gasteiger partial charge on any atom is -0.365 e. The van der Waals surface area contributed by atoms with E-state index in [1.165, 1.54) is 16.7 Å². The van der Waals surface area contributed by atoms with Gasteiger partial charge >= 0.3 is 0 Å². The van der Waals surface area contributed by atoms with Gasteiger partial charge in [-0.2, -0.15) is 0 Å². The molecule has 1 fully saturated rings. The molecule has 1 heterocycles. The highest BCUT2D eigenvalue weighted by atomic mass is 16.5. The van der Waals surface area contributed by atoms with Crippen LogP contribution in [0.25, 0.3) is 0 Å². The summed E-state index contributed by atoms with van der Waals surface area (Å²) in [6, 6.07) is 32.0. The number of rotatable bonds is 7. The number of likely N-dealkylation sites (tertiary alicyclic amines) is 1. The van der Waals surface area contributed by atoms with Crippen LogP contribution < -0.4 is 0 Å². The van der Waals surface area contributed by atoms with Crippen LogP contribution in [0, 0.1) is 0 Å². The zero-order chi connectivity index (χ0) is 19.0. The van der Waals surface area contributed by atoms with E-state index in [-0.39, 0.29) is 6.10 Å². The van der Waals surface area contributed by atoms with Crippen molar-refractivity contribution in [1.29, 1.82) is 0 Å². The number of nitrogens with zero attached hydrogens (tertiary/aromatic N) is 1. The fraction of sp³-hybridized carbons (Fsp3) is 0.308. The van der Waals surface area contributed by atoms with Gasteiger partial charge in [0.1, 0.15) is 6.10 Å². The largest absolute Gasteiger partial charge is 0.365 e. The maximum atomic E-state index is 6.65. The summed E-state index contributed by atoms with van der Waals surface area (Å²) in [5, 5.41) is 0. The van der Waals surface area contributed by atoms with Crippen molar-refractivity contribution in [2.45, 2.75) is 31.5 Å². The van der Waals surface area contributed by atoms with Gasteiger partial charge in [-0.05, 0) is 36.0 Å². The van der Waals surface area contributed by atoms with Crippen molar-refractivity contribution >= 4 is 0 Å². The van der Waals surface area contributed by atoms with E-state index in [0.717, 1.165) is 38.9 Å². The zero-order valence-corrected chi connectivity index (χ0v) is 16.4. The topological polar surface area (TPSA) is 12.5 Å². The molecule has 0 amide bonds. The molecule has 0 aromatic heterocycles. The molecule has 1 aliphatic heterocycles. The van der Waals surface area contributed by atoms with Crippen molar-refractivity contribution in [3.63, 3.8) is 0 Å². The van der Waals surface area contributed by atoms with Crippen LogP contribution in [0.5, 0.6) is 0 Å². The minimum atomic E-state index is 0.0169. The van der Waals surface area contributed by atoms with E-state index in [9.17, 15) is 0 Å². The van der Waals surface area contributed by atoms with E-state index in [1.54, 1.807) is 0 Å². The third-order valence-corrected chi connectivity index (χ3v) is 5.63. The Morgan fingerprint density at radius 2 is 1.21 bits per heavy atom. The van der Waals surface area contributed by atoms with Crippen molar-refractivity contribution in [2.24, 2.45) is 0 Å². The maximum absolute atomic E-state index is 6.65.